The van der Waals surface area contributed by atoms with E-state index in [1.165, 1.54) is 21.9 Å². The Morgan fingerprint density at radius 3 is 0.772 bits per heavy atom. The van der Waals surface area contributed by atoms with E-state index in [-0.39, 0.29) is 34.1 Å². The lowest BCUT2D eigenvalue weighted by molar-refractivity contribution is 0.629. The van der Waals surface area contributed by atoms with Gasteiger partial charge in [0.1, 0.15) is 11.6 Å². The second-order valence-electron chi connectivity index (χ2n) is 22.7. The zero-order valence-corrected chi connectivity index (χ0v) is 49.4. The lowest BCUT2D eigenvalue weighted by Gasteiger charge is -2.30. The summed E-state index contributed by atoms with van der Waals surface area (Å²) in [4.78, 5) is 2.82. The van der Waals surface area contributed by atoms with Crippen molar-refractivity contribution in [1.82, 2.24) is 0 Å². The average molecular weight is 1190 g/mol. The van der Waals surface area contributed by atoms with Crippen molar-refractivity contribution in [2.45, 2.75) is 0 Å². The van der Waals surface area contributed by atoms with Crippen LogP contribution in [0.5, 0.6) is 0 Å². The van der Waals surface area contributed by atoms with E-state index in [0.29, 0.717) is 76.8 Å². The Hall–Kier alpha value is -12.0. The zero-order chi connectivity index (χ0) is 70.2. The molecular formula is C88H58F2N2. The highest BCUT2D eigenvalue weighted by atomic mass is 19.1. The summed E-state index contributed by atoms with van der Waals surface area (Å²) in [5, 5.41) is 3.47. The van der Waals surface area contributed by atoms with E-state index >= 15 is 8.78 Å². The third-order valence-corrected chi connectivity index (χ3v) is 17.4. The first-order chi connectivity index (χ1) is 49.6. The molecule has 16 aromatic rings. The normalized spacial score (nSPS) is 12.9. The minimum Gasteiger partial charge on any atom is -0.307 e. The summed E-state index contributed by atoms with van der Waals surface area (Å²) in [5.74, 6) is -1.53. The van der Waals surface area contributed by atoms with Crippen LogP contribution < -0.4 is 9.80 Å². The zero-order valence-electron chi connectivity index (χ0n) is 59.4. The molecule has 16 aromatic carbocycles. The van der Waals surface area contributed by atoms with Crippen LogP contribution in [0.25, 0.3) is 121 Å². The largest absolute Gasteiger partial charge is 0.307 e. The van der Waals surface area contributed by atoms with Gasteiger partial charge >= 0.3 is 0 Å². The van der Waals surface area contributed by atoms with Gasteiger partial charge in [0.2, 0.25) is 0 Å². The molecule has 0 fully saturated rings. The Bertz CT molecular complexity index is 5500. The monoisotopic (exact) mass is 1190 g/mol. The molecule has 0 saturated heterocycles. The van der Waals surface area contributed by atoms with Crippen LogP contribution in [0.4, 0.5) is 42.9 Å². The van der Waals surface area contributed by atoms with Gasteiger partial charge in [0, 0.05) is 22.1 Å². The fraction of sp³-hybridized carbons (Fsp3) is 0. The van der Waals surface area contributed by atoms with Gasteiger partial charge in [-0.25, -0.2) is 8.78 Å². The molecule has 0 aromatic heterocycles. The van der Waals surface area contributed by atoms with Crippen molar-refractivity contribution in [2.24, 2.45) is 0 Å². The summed E-state index contributed by atoms with van der Waals surface area (Å²) < 4.78 is 130. The van der Waals surface area contributed by atoms with Gasteiger partial charge in [-0.2, -0.15) is 0 Å². The van der Waals surface area contributed by atoms with E-state index in [2.05, 4.69) is 0 Å². The summed E-state index contributed by atoms with van der Waals surface area (Å²) in [6.07, 6.45) is 0. The Balaban J connectivity index is 0.929. The van der Waals surface area contributed by atoms with Crippen molar-refractivity contribution in [3.8, 4) is 89.0 Å². The van der Waals surface area contributed by atoms with Crippen molar-refractivity contribution >= 4 is 66.4 Å². The molecular weight excluding hydrogens is 1120 g/mol. The number of nitrogens with zero attached hydrogens (tertiary/aromatic N) is 2. The lowest BCUT2D eigenvalue weighted by atomic mass is 9.90. The predicted octanol–water partition coefficient (Wildman–Crippen LogP) is 25.1. The molecule has 0 N–H and O–H groups in total. The first-order valence-corrected chi connectivity index (χ1v) is 30.3. The van der Waals surface area contributed by atoms with Gasteiger partial charge in [0.05, 0.1) is 36.5 Å². The molecule has 16 rings (SSSR count). The average Bonchev–Trinajstić information content (AvgIpc) is 0.713. The molecule has 0 saturated carbocycles. The van der Waals surface area contributed by atoms with Crippen molar-refractivity contribution in [2.75, 3.05) is 9.80 Å². The number of anilines is 6. The maximum absolute atomic E-state index is 18.5. The second-order valence-corrected chi connectivity index (χ2v) is 22.7. The predicted molar refractivity (Wildman–Crippen MR) is 383 cm³/mol. The van der Waals surface area contributed by atoms with Gasteiger partial charge in [-0.15, -0.1) is 0 Å². The highest BCUT2D eigenvalue weighted by Gasteiger charge is 2.27. The van der Waals surface area contributed by atoms with Crippen molar-refractivity contribution in [1.29, 1.82) is 0 Å². The third kappa shape index (κ3) is 10.3. The quantitative estimate of drug-likeness (QED) is 0.100. The van der Waals surface area contributed by atoms with Gasteiger partial charge in [-0.05, 0) is 171 Å². The molecule has 0 spiro atoms. The van der Waals surface area contributed by atoms with E-state index in [1.807, 2.05) is 255 Å². The summed E-state index contributed by atoms with van der Waals surface area (Å²) in [5.41, 5.74) is 12.5. The van der Waals surface area contributed by atoms with Crippen LogP contribution in [0.2, 0.25) is 0 Å². The van der Waals surface area contributed by atoms with E-state index in [4.69, 9.17) is 8.22 Å². The van der Waals surface area contributed by atoms with Gasteiger partial charge in [0.25, 0.3) is 0 Å². The molecule has 434 valence electrons. The minimum absolute atomic E-state index is 0.125. The molecule has 0 heterocycles. The van der Waals surface area contributed by atoms with Crippen LogP contribution >= 0.6 is 0 Å². The standard InChI is InChI=1S/C88H58F2N2/c89-81-55-77(67-39-31-63(32-40-67)59-19-7-1-8-20-59)79(69-43-35-65(36-44-69)61-23-11-3-12-24-61)57-85(81)91(73-27-15-5-16-28-73)83-53-49-71-48-52-76-84(54-50-72-47-51-75(83)87(71)88(72)76)92(74-29-17-6-18-30-74)86-58-80(70-45-37-66(38-46-70)62-25-13-4-14-26-62)78(56-82(86)90)68-41-33-64(34-42-68)60-21-9-2-10-22-60/h1-58H/i5D,6D,15D,16D,17D,18D,27D,28D,29D,30D. The molecule has 0 bridgehead atoms. The summed E-state index contributed by atoms with van der Waals surface area (Å²) in [6.45, 7) is 0. The molecule has 0 unspecified atom stereocenters. The second kappa shape index (κ2) is 23.8. The third-order valence-electron chi connectivity index (χ3n) is 17.4. The van der Waals surface area contributed by atoms with E-state index in [1.54, 1.807) is 24.3 Å². The molecule has 92 heavy (non-hydrogen) atoms. The number of hydrogen-bond donors (Lipinski definition) is 0. The number of halogens is 2. The van der Waals surface area contributed by atoms with Crippen LogP contribution in [-0.4, -0.2) is 0 Å². The molecule has 2 nitrogen and oxygen atoms in total. The fourth-order valence-electron chi connectivity index (χ4n) is 12.9. The molecule has 0 aliphatic rings. The molecule has 0 aliphatic heterocycles. The number of para-hydroxylation sites is 2. The van der Waals surface area contributed by atoms with Gasteiger partial charge in [-0.1, -0.05) is 291 Å². The van der Waals surface area contributed by atoms with Crippen LogP contribution in [0.15, 0.2) is 352 Å². The van der Waals surface area contributed by atoms with Crippen LogP contribution in [-0.2, 0) is 0 Å². The van der Waals surface area contributed by atoms with Crippen LogP contribution in [0.3, 0.4) is 0 Å². The Kier molecular flexibility index (Phi) is 11.7. The van der Waals surface area contributed by atoms with Crippen molar-refractivity contribution in [3.63, 3.8) is 0 Å². The van der Waals surface area contributed by atoms with E-state index in [9.17, 15) is 5.48 Å². The first-order valence-electron chi connectivity index (χ1n) is 35.3. The lowest BCUT2D eigenvalue weighted by Crippen LogP contribution is -2.13. The maximum atomic E-state index is 18.5. The smallest absolute Gasteiger partial charge is 0.147 e. The van der Waals surface area contributed by atoms with E-state index < -0.39 is 72.1 Å². The Labute approximate surface area is 548 Å². The molecule has 0 aliphatic carbocycles. The van der Waals surface area contributed by atoms with Gasteiger partial charge < -0.3 is 9.80 Å². The minimum atomic E-state index is -0.764. The van der Waals surface area contributed by atoms with Crippen LogP contribution in [0.1, 0.15) is 13.7 Å². The number of hydrogen-bond acceptors (Lipinski definition) is 2. The van der Waals surface area contributed by atoms with Crippen molar-refractivity contribution < 1.29 is 22.5 Å². The van der Waals surface area contributed by atoms with Crippen molar-refractivity contribution in [3.05, 3.63) is 363 Å². The van der Waals surface area contributed by atoms with Gasteiger partial charge in [0.15, 0.2) is 0 Å². The summed E-state index contributed by atoms with van der Waals surface area (Å²) in [6, 6.07) is 85.9. The summed E-state index contributed by atoms with van der Waals surface area (Å²) >= 11 is 0. The summed E-state index contributed by atoms with van der Waals surface area (Å²) in [7, 11) is 0. The molecule has 0 radical (unpaired) electrons. The van der Waals surface area contributed by atoms with Gasteiger partial charge in [-0.3, -0.25) is 0 Å². The molecule has 0 atom stereocenters. The highest BCUT2D eigenvalue weighted by Crippen LogP contribution is 2.51. The Morgan fingerprint density at radius 1 is 0.228 bits per heavy atom. The Morgan fingerprint density at radius 2 is 0.478 bits per heavy atom. The SMILES string of the molecule is [2H]c1c([2H])c([2H])c(N(c2cc(-c3ccc(-c4ccccc4)cc3)c(-c3ccc(-c4ccccc4)cc3)cc2F)c2ccc3ccc4c(N(c5cc(-c6ccc(-c7ccccc7)cc6)c(-c6ccc(-c7ccccc7)cc6)cc5F)c5c([2H])c([2H])c([2H])c([2H])c5[2H])ccc5ccc2c3c54)c([2H])c1[2H]. The number of rotatable bonds is 14. The maximum Gasteiger partial charge on any atom is 0.147 e. The first kappa shape index (κ1) is 45.3. The topological polar surface area (TPSA) is 6.48 Å². The highest BCUT2D eigenvalue weighted by molar-refractivity contribution is 6.28. The van der Waals surface area contributed by atoms with E-state index in [0.717, 1.165) is 44.5 Å². The van der Waals surface area contributed by atoms with Crippen LogP contribution in [0, 0.1) is 11.6 Å². The number of benzene rings is 16. The molecule has 4 heteroatoms. The molecule has 0 amide bonds. The fourth-order valence-corrected chi connectivity index (χ4v) is 12.9.